The molecule has 1 aromatic heterocycles. The SMILES string of the molecule is Cc1ccc([N+](=O)[O-])cc1NC(=O)CSc1nnc(-c2ccc(Br)cc2)n1C. The summed E-state index contributed by atoms with van der Waals surface area (Å²) in [6.45, 7) is 1.78. The number of hydrogen-bond acceptors (Lipinski definition) is 6. The number of nitro groups is 1. The highest BCUT2D eigenvalue weighted by Gasteiger charge is 2.15. The number of carbonyl (C=O) groups is 1. The first-order valence-electron chi connectivity index (χ1n) is 8.18. The Kier molecular flexibility index (Phi) is 6.10. The van der Waals surface area contributed by atoms with Crippen molar-refractivity contribution in [1.29, 1.82) is 0 Å². The number of thioether (sulfide) groups is 1. The van der Waals surface area contributed by atoms with Crippen LogP contribution in [0.2, 0.25) is 0 Å². The van der Waals surface area contributed by atoms with Gasteiger partial charge in [-0.2, -0.15) is 0 Å². The first-order valence-corrected chi connectivity index (χ1v) is 9.96. The summed E-state index contributed by atoms with van der Waals surface area (Å²) in [5, 5.41) is 22.6. The molecule has 0 spiro atoms. The molecule has 1 amide bonds. The van der Waals surface area contributed by atoms with Gasteiger partial charge in [-0.1, -0.05) is 45.9 Å². The molecule has 3 rings (SSSR count). The van der Waals surface area contributed by atoms with Crippen LogP contribution in [-0.4, -0.2) is 31.3 Å². The molecule has 0 aliphatic rings. The summed E-state index contributed by atoms with van der Waals surface area (Å²) >= 11 is 4.64. The first kappa shape index (κ1) is 20.0. The van der Waals surface area contributed by atoms with Crippen LogP contribution in [0, 0.1) is 17.0 Å². The smallest absolute Gasteiger partial charge is 0.271 e. The molecular formula is C18H16BrN5O3S. The maximum atomic E-state index is 12.3. The summed E-state index contributed by atoms with van der Waals surface area (Å²) in [5.41, 5.74) is 2.02. The summed E-state index contributed by atoms with van der Waals surface area (Å²) in [5.74, 6) is 0.528. The Hall–Kier alpha value is -2.72. The van der Waals surface area contributed by atoms with E-state index in [0.717, 1.165) is 15.6 Å². The van der Waals surface area contributed by atoms with Crippen molar-refractivity contribution in [3.8, 4) is 11.4 Å². The number of nitro benzene ring substituents is 1. The molecule has 1 heterocycles. The van der Waals surface area contributed by atoms with Gasteiger partial charge >= 0.3 is 0 Å². The number of benzene rings is 2. The Balaban J connectivity index is 1.66. The van der Waals surface area contributed by atoms with Crippen molar-refractivity contribution < 1.29 is 9.72 Å². The van der Waals surface area contributed by atoms with Crippen LogP contribution in [0.1, 0.15) is 5.56 Å². The topological polar surface area (TPSA) is 103 Å². The van der Waals surface area contributed by atoms with Crippen LogP contribution in [-0.2, 0) is 11.8 Å². The van der Waals surface area contributed by atoms with E-state index in [2.05, 4.69) is 31.4 Å². The van der Waals surface area contributed by atoms with Crippen LogP contribution in [0.3, 0.4) is 0 Å². The lowest BCUT2D eigenvalue weighted by molar-refractivity contribution is -0.384. The quantitative estimate of drug-likeness (QED) is 0.335. The first-order chi connectivity index (χ1) is 13.3. The van der Waals surface area contributed by atoms with Gasteiger partial charge in [0.1, 0.15) is 0 Å². The van der Waals surface area contributed by atoms with Crippen molar-refractivity contribution in [2.24, 2.45) is 7.05 Å². The molecule has 0 aliphatic carbocycles. The van der Waals surface area contributed by atoms with Crippen molar-refractivity contribution in [3.05, 3.63) is 62.6 Å². The second-order valence-corrected chi connectivity index (χ2v) is 7.82. The van der Waals surface area contributed by atoms with Gasteiger partial charge in [-0.05, 0) is 24.6 Å². The monoisotopic (exact) mass is 461 g/mol. The van der Waals surface area contributed by atoms with Crippen molar-refractivity contribution in [2.75, 3.05) is 11.1 Å². The average Bonchev–Trinajstić information content (AvgIpc) is 3.03. The minimum Gasteiger partial charge on any atom is -0.325 e. The average molecular weight is 462 g/mol. The number of nitrogens with one attached hydrogen (secondary N) is 1. The molecule has 8 nitrogen and oxygen atoms in total. The van der Waals surface area contributed by atoms with Gasteiger partial charge in [-0.3, -0.25) is 14.9 Å². The van der Waals surface area contributed by atoms with Crippen molar-refractivity contribution in [3.63, 3.8) is 0 Å². The summed E-state index contributed by atoms with van der Waals surface area (Å²) in [4.78, 5) is 22.7. The maximum absolute atomic E-state index is 12.3. The van der Waals surface area contributed by atoms with Crippen LogP contribution in [0.5, 0.6) is 0 Å². The van der Waals surface area contributed by atoms with Gasteiger partial charge in [0.25, 0.3) is 5.69 Å². The lowest BCUT2D eigenvalue weighted by atomic mass is 10.2. The number of carbonyl (C=O) groups excluding carboxylic acids is 1. The molecule has 1 N–H and O–H groups in total. The van der Waals surface area contributed by atoms with Gasteiger partial charge in [0.05, 0.1) is 16.4 Å². The fraction of sp³-hybridized carbons (Fsp3) is 0.167. The minimum atomic E-state index is -0.493. The third kappa shape index (κ3) is 4.57. The van der Waals surface area contributed by atoms with E-state index >= 15 is 0 Å². The van der Waals surface area contributed by atoms with Crippen LogP contribution >= 0.6 is 27.7 Å². The van der Waals surface area contributed by atoms with Crippen molar-refractivity contribution in [1.82, 2.24) is 14.8 Å². The van der Waals surface area contributed by atoms with Gasteiger partial charge < -0.3 is 9.88 Å². The van der Waals surface area contributed by atoms with Crippen molar-refractivity contribution >= 4 is 45.0 Å². The fourth-order valence-electron chi connectivity index (χ4n) is 2.47. The second kappa shape index (κ2) is 8.53. The molecule has 0 fully saturated rings. The van der Waals surface area contributed by atoms with Crippen LogP contribution in [0.4, 0.5) is 11.4 Å². The highest BCUT2D eigenvalue weighted by atomic mass is 79.9. The number of hydrogen-bond donors (Lipinski definition) is 1. The number of aryl methyl sites for hydroxylation is 1. The molecule has 144 valence electrons. The number of anilines is 1. The third-order valence-electron chi connectivity index (χ3n) is 3.98. The van der Waals surface area contributed by atoms with Gasteiger partial charge in [-0.25, -0.2) is 0 Å². The zero-order chi connectivity index (χ0) is 20.3. The molecule has 0 aliphatic heterocycles. The molecule has 0 radical (unpaired) electrons. The van der Waals surface area contributed by atoms with Crippen LogP contribution in [0.15, 0.2) is 52.1 Å². The number of aromatic nitrogens is 3. The molecule has 3 aromatic rings. The van der Waals surface area contributed by atoms with E-state index in [1.54, 1.807) is 13.0 Å². The molecule has 0 bridgehead atoms. The van der Waals surface area contributed by atoms with E-state index in [1.807, 2.05) is 35.9 Å². The Morgan fingerprint density at radius 1 is 1.25 bits per heavy atom. The molecule has 28 heavy (non-hydrogen) atoms. The summed E-state index contributed by atoms with van der Waals surface area (Å²) in [6, 6.07) is 12.1. The zero-order valence-electron chi connectivity index (χ0n) is 15.0. The van der Waals surface area contributed by atoms with Crippen molar-refractivity contribution in [2.45, 2.75) is 12.1 Å². The molecule has 0 saturated heterocycles. The maximum Gasteiger partial charge on any atom is 0.271 e. The van der Waals surface area contributed by atoms with Gasteiger partial charge in [-0.15, -0.1) is 10.2 Å². The Morgan fingerprint density at radius 3 is 2.64 bits per heavy atom. The zero-order valence-corrected chi connectivity index (χ0v) is 17.5. The van der Waals surface area contributed by atoms with E-state index < -0.39 is 4.92 Å². The number of halogens is 1. The predicted molar refractivity (Wildman–Crippen MR) is 111 cm³/mol. The largest absolute Gasteiger partial charge is 0.325 e. The summed E-state index contributed by atoms with van der Waals surface area (Å²) in [7, 11) is 1.84. The Morgan fingerprint density at radius 2 is 1.96 bits per heavy atom. The summed E-state index contributed by atoms with van der Waals surface area (Å²) < 4.78 is 2.79. The molecule has 10 heteroatoms. The molecular weight excluding hydrogens is 446 g/mol. The molecule has 2 aromatic carbocycles. The predicted octanol–water partition coefficient (Wildman–Crippen LogP) is 4.19. The van der Waals surface area contributed by atoms with E-state index in [9.17, 15) is 14.9 Å². The van der Waals surface area contributed by atoms with E-state index in [0.29, 0.717) is 16.7 Å². The minimum absolute atomic E-state index is 0.0685. The number of non-ortho nitro benzene ring substituents is 1. The van der Waals surface area contributed by atoms with E-state index in [1.165, 1.54) is 23.9 Å². The summed E-state index contributed by atoms with van der Waals surface area (Å²) in [6.07, 6.45) is 0. The standard InChI is InChI=1S/C18H16BrN5O3S/c1-11-3-8-14(24(26)27)9-15(11)20-16(25)10-28-18-22-21-17(23(18)2)12-4-6-13(19)7-5-12/h3-9H,10H2,1-2H3,(H,20,25). The normalized spacial score (nSPS) is 10.7. The van der Waals surface area contributed by atoms with Crippen LogP contribution in [0.25, 0.3) is 11.4 Å². The highest BCUT2D eigenvalue weighted by Crippen LogP contribution is 2.25. The van der Waals surface area contributed by atoms with E-state index in [-0.39, 0.29) is 17.3 Å². The van der Waals surface area contributed by atoms with Gasteiger partial charge in [0.15, 0.2) is 11.0 Å². The van der Waals surface area contributed by atoms with Crippen LogP contribution < -0.4 is 5.32 Å². The molecule has 0 unspecified atom stereocenters. The molecule has 0 saturated carbocycles. The van der Waals surface area contributed by atoms with Gasteiger partial charge in [0.2, 0.25) is 5.91 Å². The number of amides is 1. The molecule has 0 atom stereocenters. The fourth-order valence-corrected chi connectivity index (χ4v) is 3.44. The van der Waals surface area contributed by atoms with Gasteiger partial charge in [0, 0.05) is 29.2 Å². The number of rotatable bonds is 6. The highest BCUT2D eigenvalue weighted by molar-refractivity contribution is 9.10. The lowest BCUT2D eigenvalue weighted by Gasteiger charge is -2.08. The number of nitrogens with zero attached hydrogens (tertiary/aromatic N) is 4. The Bertz CT molecular complexity index is 1040. The Labute approximate surface area is 173 Å². The second-order valence-electron chi connectivity index (χ2n) is 5.97. The third-order valence-corrected chi connectivity index (χ3v) is 5.52. The van der Waals surface area contributed by atoms with E-state index in [4.69, 9.17) is 0 Å². The lowest BCUT2D eigenvalue weighted by Crippen LogP contribution is -2.15.